The van der Waals surface area contributed by atoms with E-state index >= 15 is 0 Å². The molecule has 2 aromatic rings. The Morgan fingerprint density at radius 1 is 0.719 bits per heavy atom. The predicted octanol–water partition coefficient (Wildman–Crippen LogP) is 6.69. The summed E-state index contributed by atoms with van der Waals surface area (Å²) in [5, 5.41) is 15.7. The number of benzene rings is 2. The molecule has 0 spiro atoms. The molecule has 0 aromatic heterocycles. The zero-order chi connectivity index (χ0) is 23.8. The van der Waals surface area contributed by atoms with E-state index in [0.29, 0.717) is 36.5 Å². The van der Waals surface area contributed by atoms with Crippen molar-refractivity contribution in [2.45, 2.75) is 104 Å². The van der Waals surface area contributed by atoms with Crippen LogP contribution in [-0.2, 0) is 10.4 Å². The lowest BCUT2D eigenvalue weighted by Crippen LogP contribution is -2.47. The van der Waals surface area contributed by atoms with Crippen LogP contribution in [0.5, 0.6) is 0 Å². The first-order valence-corrected chi connectivity index (χ1v) is 12.3. The van der Waals surface area contributed by atoms with Crippen molar-refractivity contribution >= 4 is 5.91 Å². The van der Waals surface area contributed by atoms with Crippen molar-refractivity contribution in [1.29, 1.82) is 0 Å². The van der Waals surface area contributed by atoms with Gasteiger partial charge in [0, 0.05) is 6.42 Å². The molecule has 3 nitrogen and oxygen atoms in total. The van der Waals surface area contributed by atoms with Crippen LogP contribution in [0.15, 0.2) is 36.4 Å². The fourth-order valence-corrected chi connectivity index (χ4v) is 4.62. The molecule has 0 radical (unpaired) electrons. The second kappa shape index (κ2) is 9.39. The Balaban J connectivity index is 2.32. The highest BCUT2D eigenvalue weighted by atomic mass is 16.3. The summed E-state index contributed by atoms with van der Waals surface area (Å²) in [6, 6.07) is 12.8. The van der Waals surface area contributed by atoms with Crippen LogP contribution in [0.1, 0.15) is 125 Å². The van der Waals surface area contributed by atoms with Crippen molar-refractivity contribution in [3.63, 3.8) is 0 Å². The predicted molar refractivity (Wildman–Crippen MR) is 133 cm³/mol. The zero-order valence-corrected chi connectivity index (χ0v) is 21.1. The minimum absolute atomic E-state index is 0.0154. The Morgan fingerprint density at radius 3 is 1.31 bits per heavy atom. The van der Waals surface area contributed by atoms with E-state index in [4.69, 9.17) is 0 Å². The number of carbonyl (C=O) groups excluding carboxylic acids is 1. The molecule has 1 aliphatic rings. The summed E-state index contributed by atoms with van der Waals surface area (Å²) in [6.45, 7) is 17.5. The van der Waals surface area contributed by atoms with Gasteiger partial charge >= 0.3 is 0 Å². The summed E-state index contributed by atoms with van der Waals surface area (Å²) in [6.07, 6.45) is 1.08. The molecule has 2 N–H and O–H groups in total. The topological polar surface area (TPSA) is 49.3 Å². The summed E-state index contributed by atoms with van der Waals surface area (Å²) in [5.41, 5.74) is 5.37. The fourth-order valence-electron chi connectivity index (χ4n) is 4.62. The molecule has 1 fully saturated rings. The molecular formula is C29H41NO2. The van der Waals surface area contributed by atoms with Crippen molar-refractivity contribution < 1.29 is 9.90 Å². The van der Waals surface area contributed by atoms with Crippen molar-refractivity contribution in [3.8, 4) is 0 Å². The lowest BCUT2D eigenvalue weighted by atomic mass is 9.75. The van der Waals surface area contributed by atoms with Gasteiger partial charge in [-0.1, -0.05) is 91.8 Å². The molecule has 1 aliphatic heterocycles. The Kier molecular flexibility index (Phi) is 7.19. The maximum Gasteiger partial charge on any atom is 0.220 e. The van der Waals surface area contributed by atoms with Gasteiger partial charge in [0.1, 0.15) is 5.60 Å². The van der Waals surface area contributed by atoms with Crippen LogP contribution in [0.25, 0.3) is 0 Å². The van der Waals surface area contributed by atoms with E-state index in [-0.39, 0.29) is 11.9 Å². The molecule has 32 heavy (non-hydrogen) atoms. The highest BCUT2D eigenvalue weighted by Gasteiger charge is 2.44. The SMILES string of the molecule is CC(C)c1cc(C(C)C)cc(C(O)(c2cc(C(C)C)cc(C(C)C)c2)[C@H]2CCC(=O)N2)c1. The van der Waals surface area contributed by atoms with Gasteiger partial charge in [0.05, 0.1) is 6.04 Å². The van der Waals surface area contributed by atoms with Crippen LogP contribution in [0, 0.1) is 0 Å². The largest absolute Gasteiger partial charge is 0.378 e. The van der Waals surface area contributed by atoms with E-state index in [1.807, 2.05) is 0 Å². The lowest BCUT2D eigenvalue weighted by molar-refractivity contribution is -0.120. The summed E-state index contributed by atoms with van der Waals surface area (Å²) in [4.78, 5) is 12.2. The minimum Gasteiger partial charge on any atom is -0.378 e. The van der Waals surface area contributed by atoms with E-state index < -0.39 is 5.60 Å². The number of amides is 1. The second-order valence-electron chi connectivity index (χ2n) is 10.8. The van der Waals surface area contributed by atoms with Gasteiger partial charge in [-0.2, -0.15) is 0 Å². The molecule has 3 rings (SSSR count). The minimum atomic E-state index is -1.28. The summed E-state index contributed by atoms with van der Waals surface area (Å²) in [7, 11) is 0. The molecule has 0 aliphatic carbocycles. The van der Waals surface area contributed by atoms with E-state index in [0.717, 1.165) is 11.1 Å². The maximum atomic E-state index is 12.6. The molecular weight excluding hydrogens is 394 g/mol. The Hall–Kier alpha value is -2.13. The molecule has 1 heterocycles. The van der Waals surface area contributed by atoms with Gasteiger partial charge in [-0.3, -0.25) is 4.79 Å². The molecule has 0 unspecified atom stereocenters. The first-order chi connectivity index (χ1) is 14.9. The number of carbonyl (C=O) groups is 1. The Morgan fingerprint density at radius 2 is 1.06 bits per heavy atom. The molecule has 1 atom stereocenters. The average molecular weight is 436 g/mol. The Bertz CT molecular complexity index is 855. The molecule has 1 amide bonds. The molecule has 2 aromatic carbocycles. The maximum absolute atomic E-state index is 12.6. The summed E-state index contributed by atoms with van der Waals surface area (Å²) >= 11 is 0. The second-order valence-corrected chi connectivity index (χ2v) is 10.8. The van der Waals surface area contributed by atoms with Crippen LogP contribution in [0.3, 0.4) is 0 Å². The smallest absolute Gasteiger partial charge is 0.220 e. The normalized spacial score (nSPS) is 17.2. The molecule has 0 bridgehead atoms. The van der Waals surface area contributed by atoms with Crippen LogP contribution < -0.4 is 5.32 Å². The number of rotatable bonds is 7. The quantitative estimate of drug-likeness (QED) is 0.509. The molecule has 1 saturated heterocycles. The van der Waals surface area contributed by atoms with Crippen molar-refractivity contribution in [2.24, 2.45) is 0 Å². The van der Waals surface area contributed by atoms with Crippen LogP contribution >= 0.6 is 0 Å². The van der Waals surface area contributed by atoms with Crippen LogP contribution in [-0.4, -0.2) is 17.1 Å². The number of aliphatic hydroxyl groups is 1. The third-order valence-electron chi connectivity index (χ3n) is 7.00. The molecule has 0 saturated carbocycles. The van der Waals surface area contributed by atoms with E-state index in [2.05, 4.69) is 97.1 Å². The summed E-state index contributed by atoms with van der Waals surface area (Å²) < 4.78 is 0. The third kappa shape index (κ3) is 4.78. The van der Waals surface area contributed by atoms with Gasteiger partial charge in [0.25, 0.3) is 0 Å². The van der Waals surface area contributed by atoms with Gasteiger partial charge < -0.3 is 10.4 Å². The summed E-state index contributed by atoms with van der Waals surface area (Å²) in [5.74, 6) is 1.42. The van der Waals surface area contributed by atoms with Crippen molar-refractivity contribution in [3.05, 3.63) is 69.8 Å². The highest BCUT2D eigenvalue weighted by Crippen LogP contribution is 2.41. The number of hydrogen-bond acceptors (Lipinski definition) is 2. The molecule has 174 valence electrons. The first-order valence-electron chi connectivity index (χ1n) is 12.3. The van der Waals surface area contributed by atoms with E-state index in [1.165, 1.54) is 22.3 Å². The van der Waals surface area contributed by atoms with Crippen molar-refractivity contribution in [1.82, 2.24) is 5.32 Å². The van der Waals surface area contributed by atoms with Crippen LogP contribution in [0.2, 0.25) is 0 Å². The third-order valence-corrected chi connectivity index (χ3v) is 7.00. The average Bonchev–Trinajstić information content (AvgIpc) is 3.18. The highest BCUT2D eigenvalue weighted by molar-refractivity contribution is 5.79. The van der Waals surface area contributed by atoms with E-state index in [1.54, 1.807) is 0 Å². The number of hydrogen-bond donors (Lipinski definition) is 2. The fraction of sp³-hybridized carbons (Fsp3) is 0.552. The first kappa shape index (κ1) is 24.5. The zero-order valence-electron chi connectivity index (χ0n) is 21.1. The monoisotopic (exact) mass is 435 g/mol. The van der Waals surface area contributed by atoms with Gasteiger partial charge in [-0.15, -0.1) is 0 Å². The van der Waals surface area contributed by atoms with Crippen LogP contribution in [0.4, 0.5) is 0 Å². The lowest BCUT2D eigenvalue weighted by Gasteiger charge is -2.37. The van der Waals surface area contributed by atoms with E-state index in [9.17, 15) is 9.90 Å². The van der Waals surface area contributed by atoms with Gasteiger partial charge in [0.15, 0.2) is 0 Å². The van der Waals surface area contributed by atoms with Gasteiger partial charge in [0.2, 0.25) is 5.91 Å². The van der Waals surface area contributed by atoms with Crippen molar-refractivity contribution in [2.75, 3.05) is 0 Å². The van der Waals surface area contributed by atoms with Gasteiger partial charge in [-0.05, 0) is 63.5 Å². The Labute approximate surface area is 194 Å². The standard InChI is InChI=1S/C29H41NO2/c1-17(2)21-11-22(18(3)4)14-25(13-21)29(32,27-9-10-28(31)30-27)26-15-23(19(5)6)12-24(16-26)20(7)8/h11-20,27,32H,9-10H2,1-8H3,(H,30,31)/t27-/m1/s1. The van der Waals surface area contributed by atoms with Gasteiger partial charge in [-0.25, -0.2) is 0 Å². The molecule has 3 heteroatoms. The number of nitrogens with one attached hydrogen (secondary N) is 1.